The van der Waals surface area contributed by atoms with Gasteiger partial charge in [-0.25, -0.2) is 9.78 Å². The van der Waals surface area contributed by atoms with Crippen molar-refractivity contribution in [1.82, 2.24) is 19.7 Å². The highest BCUT2D eigenvalue weighted by atomic mass is 32.1. The van der Waals surface area contributed by atoms with E-state index in [9.17, 15) is 9.59 Å². The number of aromatic amines is 1. The van der Waals surface area contributed by atoms with Crippen molar-refractivity contribution >= 4 is 22.4 Å². The Morgan fingerprint density at radius 2 is 1.89 bits per heavy atom. The summed E-state index contributed by atoms with van der Waals surface area (Å²) in [6, 6.07) is 17.0. The minimum atomic E-state index is -0.519. The van der Waals surface area contributed by atoms with Gasteiger partial charge in [-0.2, -0.15) is 4.68 Å². The van der Waals surface area contributed by atoms with Crippen molar-refractivity contribution in [3.63, 3.8) is 0 Å². The molecular formula is C20H17N5O2S. The van der Waals surface area contributed by atoms with Crippen LogP contribution in [0.3, 0.4) is 0 Å². The van der Waals surface area contributed by atoms with Gasteiger partial charge in [-0.15, -0.1) is 16.4 Å². The van der Waals surface area contributed by atoms with Crippen LogP contribution < -0.4 is 11.0 Å². The van der Waals surface area contributed by atoms with E-state index in [1.54, 1.807) is 24.3 Å². The van der Waals surface area contributed by atoms with Gasteiger partial charge >= 0.3 is 5.69 Å². The fourth-order valence-corrected chi connectivity index (χ4v) is 3.42. The molecule has 4 rings (SSSR count). The number of benzene rings is 2. The molecule has 2 heterocycles. The smallest absolute Gasteiger partial charge is 0.295 e. The van der Waals surface area contributed by atoms with Gasteiger partial charge in [0.05, 0.1) is 11.4 Å². The molecule has 0 aliphatic carbocycles. The summed E-state index contributed by atoms with van der Waals surface area (Å²) in [4.78, 5) is 31.5. The van der Waals surface area contributed by atoms with Crippen LogP contribution in [0.15, 0.2) is 64.8 Å². The van der Waals surface area contributed by atoms with Crippen LogP contribution in [0.5, 0.6) is 0 Å². The van der Waals surface area contributed by atoms with Crippen LogP contribution in [0, 0.1) is 0 Å². The topological polar surface area (TPSA) is 92.7 Å². The Balaban J connectivity index is 1.51. The molecule has 0 spiro atoms. The fourth-order valence-electron chi connectivity index (χ4n) is 2.70. The van der Waals surface area contributed by atoms with Crippen LogP contribution >= 0.6 is 11.3 Å². The van der Waals surface area contributed by atoms with E-state index < -0.39 is 11.6 Å². The number of nitrogens with zero attached hydrogens (tertiary/aromatic N) is 3. The van der Waals surface area contributed by atoms with Gasteiger partial charge in [-0.05, 0) is 24.1 Å². The van der Waals surface area contributed by atoms with Crippen LogP contribution in [-0.4, -0.2) is 25.7 Å². The molecule has 0 fully saturated rings. The largest absolute Gasteiger partial charge is 0.348 e. The molecule has 0 aliphatic heterocycles. The second-order valence-corrected chi connectivity index (χ2v) is 6.93. The number of nitrogens with one attached hydrogen (secondary N) is 2. The number of carbonyl (C=O) groups excluding carboxylic acids is 1. The van der Waals surface area contributed by atoms with E-state index in [-0.39, 0.29) is 5.82 Å². The summed E-state index contributed by atoms with van der Waals surface area (Å²) in [6.07, 6.45) is 0.979. The Morgan fingerprint density at radius 3 is 2.61 bits per heavy atom. The minimum Gasteiger partial charge on any atom is -0.295 e. The average Bonchev–Trinajstić information content (AvgIpc) is 3.35. The third-order valence-electron chi connectivity index (χ3n) is 4.22. The number of carbonyl (C=O) groups is 1. The second-order valence-electron chi connectivity index (χ2n) is 6.07. The number of thiazole rings is 1. The van der Waals surface area contributed by atoms with Gasteiger partial charge in [0, 0.05) is 10.9 Å². The molecule has 2 aromatic carbocycles. The van der Waals surface area contributed by atoms with E-state index in [0.29, 0.717) is 10.8 Å². The van der Waals surface area contributed by atoms with Gasteiger partial charge in [-0.3, -0.25) is 15.1 Å². The van der Waals surface area contributed by atoms with Gasteiger partial charge in [0.25, 0.3) is 5.91 Å². The van der Waals surface area contributed by atoms with E-state index >= 15 is 0 Å². The molecule has 7 nitrogen and oxygen atoms in total. The molecule has 0 atom stereocenters. The van der Waals surface area contributed by atoms with Gasteiger partial charge < -0.3 is 0 Å². The third kappa shape index (κ3) is 3.63. The van der Waals surface area contributed by atoms with Crippen molar-refractivity contribution in [2.75, 3.05) is 5.32 Å². The van der Waals surface area contributed by atoms with E-state index in [2.05, 4.69) is 39.4 Å². The number of hydrogen-bond donors (Lipinski definition) is 2. The van der Waals surface area contributed by atoms with E-state index in [0.717, 1.165) is 22.4 Å². The molecule has 0 bridgehead atoms. The van der Waals surface area contributed by atoms with Crippen LogP contribution in [0.2, 0.25) is 0 Å². The summed E-state index contributed by atoms with van der Waals surface area (Å²) in [5.41, 5.74) is 3.12. The molecule has 0 radical (unpaired) electrons. The first-order valence-corrected chi connectivity index (χ1v) is 9.63. The molecule has 1 amide bonds. The van der Waals surface area contributed by atoms with Crippen LogP contribution in [0.1, 0.15) is 23.1 Å². The third-order valence-corrected chi connectivity index (χ3v) is 4.97. The van der Waals surface area contributed by atoms with Gasteiger partial charge in [0.1, 0.15) is 0 Å². The number of aryl methyl sites for hydroxylation is 1. The normalized spacial score (nSPS) is 10.8. The zero-order valence-electron chi connectivity index (χ0n) is 15.0. The van der Waals surface area contributed by atoms with Crippen molar-refractivity contribution in [1.29, 1.82) is 0 Å². The molecule has 2 N–H and O–H groups in total. The highest BCUT2D eigenvalue weighted by Gasteiger charge is 2.16. The predicted molar refractivity (Wildman–Crippen MR) is 109 cm³/mol. The molecular weight excluding hydrogens is 374 g/mol. The van der Waals surface area contributed by atoms with Crippen LogP contribution in [0.25, 0.3) is 16.9 Å². The Labute approximate surface area is 164 Å². The number of anilines is 1. The lowest BCUT2D eigenvalue weighted by molar-refractivity contribution is 0.101. The molecule has 0 unspecified atom stereocenters. The molecule has 4 aromatic rings. The van der Waals surface area contributed by atoms with Crippen molar-refractivity contribution in [2.24, 2.45) is 0 Å². The fraction of sp³-hybridized carbons (Fsp3) is 0.100. The standard InChI is InChI=1S/C20H17N5O2S/c1-2-13-8-10-14(11-9-13)16-12-28-19(21-16)23-18(26)17-22-20(27)25(24-17)15-6-4-3-5-7-15/h3-12H,2H2,1H3,(H,21,23,26)(H,22,24,27). The zero-order chi connectivity index (χ0) is 19.5. The number of hydrogen-bond acceptors (Lipinski definition) is 5. The maximum absolute atomic E-state index is 12.4. The summed E-state index contributed by atoms with van der Waals surface area (Å²) in [6.45, 7) is 2.11. The lowest BCUT2D eigenvalue weighted by Crippen LogP contribution is -2.15. The van der Waals surface area contributed by atoms with Gasteiger partial charge in [-0.1, -0.05) is 49.4 Å². The lowest BCUT2D eigenvalue weighted by Gasteiger charge is -2.00. The monoisotopic (exact) mass is 391 g/mol. The van der Waals surface area contributed by atoms with Crippen molar-refractivity contribution in [3.8, 4) is 16.9 Å². The van der Waals surface area contributed by atoms with Crippen molar-refractivity contribution in [3.05, 3.63) is 81.8 Å². The van der Waals surface area contributed by atoms with Gasteiger partial charge in [0.2, 0.25) is 5.82 Å². The average molecular weight is 391 g/mol. The van der Waals surface area contributed by atoms with Crippen LogP contribution in [0.4, 0.5) is 5.13 Å². The summed E-state index contributed by atoms with van der Waals surface area (Å²) >= 11 is 1.32. The SMILES string of the molecule is CCc1ccc(-c2csc(NC(=O)c3nn(-c4ccccc4)c(=O)[nH]3)n2)cc1. The molecule has 2 aromatic heterocycles. The first-order chi connectivity index (χ1) is 13.6. The Kier molecular flexibility index (Phi) is 4.86. The van der Waals surface area contributed by atoms with E-state index in [1.807, 2.05) is 23.6 Å². The number of amides is 1. The highest BCUT2D eigenvalue weighted by Crippen LogP contribution is 2.25. The first-order valence-electron chi connectivity index (χ1n) is 8.75. The Morgan fingerprint density at radius 1 is 1.14 bits per heavy atom. The number of rotatable bonds is 5. The zero-order valence-corrected chi connectivity index (χ0v) is 15.9. The maximum atomic E-state index is 12.4. The molecule has 140 valence electrons. The molecule has 0 saturated heterocycles. The minimum absolute atomic E-state index is 0.0714. The number of para-hydroxylation sites is 1. The van der Waals surface area contributed by atoms with Gasteiger partial charge in [0.15, 0.2) is 5.13 Å². The number of aromatic nitrogens is 4. The Bertz CT molecular complexity index is 1160. The molecule has 8 heteroatoms. The highest BCUT2D eigenvalue weighted by molar-refractivity contribution is 7.14. The molecule has 0 saturated carbocycles. The summed E-state index contributed by atoms with van der Waals surface area (Å²) in [5.74, 6) is -0.591. The Hall–Kier alpha value is -3.52. The predicted octanol–water partition coefficient (Wildman–Crippen LogP) is 3.50. The van der Waals surface area contributed by atoms with Crippen molar-refractivity contribution < 1.29 is 4.79 Å². The van der Waals surface area contributed by atoms with E-state index in [4.69, 9.17) is 0 Å². The first kappa shape index (κ1) is 17.9. The summed E-state index contributed by atoms with van der Waals surface area (Å²) in [5, 5.41) is 9.08. The summed E-state index contributed by atoms with van der Waals surface area (Å²) in [7, 11) is 0. The molecule has 28 heavy (non-hydrogen) atoms. The van der Waals surface area contributed by atoms with Crippen LogP contribution in [-0.2, 0) is 6.42 Å². The maximum Gasteiger partial charge on any atom is 0.348 e. The quantitative estimate of drug-likeness (QED) is 0.545. The number of H-pyrrole nitrogens is 1. The second kappa shape index (κ2) is 7.61. The summed E-state index contributed by atoms with van der Waals surface area (Å²) < 4.78 is 1.15. The van der Waals surface area contributed by atoms with E-state index in [1.165, 1.54) is 16.9 Å². The molecule has 0 aliphatic rings. The lowest BCUT2D eigenvalue weighted by atomic mass is 10.1. The van der Waals surface area contributed by atoms with Crippen molar-refractivity contribution in [2.45, 2.75) is 13.3 Å².